The van der Waals surface area contributed by atoms with E-state index in [0.29, 0.717) is 18.2 Å². The fourth-order valence-electron chi connectivity index (χ4n) is 4.47. The van der Waals surface area contributed by atoms with Gasteiger partial charge in [0.05, 0.1) is 11.7 Å². The molecule has 0 fully saturated rings. The highest BCUT2D eigenvalue weighted by atomic mass is 16.3. The highest BCUT2D eigenvalue weighted by Crippen LogP contribution is 2.35. The number of fused-ring (bicyclic) bond motifs is 3. The van der Waals surface area contributed by atoms with Gasteiger partial charge < -0.3 is 15.4 Å². The summed E-state index contributed by atoms with van der Waals surface area (Å²) in [6.07, 6.45) is 0.810. The average Bonchev–Trinajstić information content (AvgIpc) is 3.13. The van der Waals surface area contributed by atoms with Gasteiger partial charge in [-0.25, -0.2) is 9.36 Å². The van der Waals surface area contributed by atoms with Crippen molar-refractivity contribution < 1.29 is 5.11 Å². The summed E-state index contributed by atoms with van der Waals surface area (Å²) >= 11 is 0. The Labute approximate surface area is 178 Å². The zero-order valence-electron chi connectivity index (χ0n) is 17.4. The van der Waals surface area contributed by atoms with Gasteiger partial charge in [-0.2, -0.15) is 0 Å². The van der Waals surface area contributed by atoms with E-state index in [1.807, 2.05) is 36.4 Å². The maximum absolute atomic E-state index is 12.8. The molecule has 0 amide bonds. The predicted molar refractivity (Wildman–Crippen MR) is 120 cm³/mol. The Morgan fingerprint density at radius 2 is 1.77 bits per heavy atom. The van der Waals surface area contributed by atoms with Crippen LogP contribution in [0.2, 0.25) is 0 Å². The lowest BCUT2D eigenvalue weighted by molar-refractivity contribution is 0.409. The summed E-state index contributed by atoms with van der Waals surface area (Å²) in [7, 11) is 0. The standard InChI is InChI=1S/C24H24N4O3/c1-13(2)14-7-9-15(10-8-14)28-23(30)19(22(29)27-24(28)31)21-20-17(11-12-25-21)16-5-3-4-6-18(16)26-20/h3-10,13,21,25-26,30H,11-12H2,1-2H3,(H,27,29,31)/t21-/m1/s1. The number of rotatable bonds is 3. The van der Waals surface area contributed by atoms with Crippen molar-refractivity contribution in [2.24, 2.45) is 0 Å². The van der Waals surface area contributed by atoms with Crippen LogP contribution in [0.3, 0.4) is 0 Å². The van der Waals surface area contributed by atoms with Crippen LogP contribution in [-0.2, 0) is 6.42 Å². The summed E-state index contributed by atoms with van der Waals surface area (Å²) in [5.74, 6) is -0.00701. The van der Waals surface area contributed by atoms with E-state index < -0.39 is 17.3 Å². The van der Waals surface area contributed by atoms with Crippen LogP contribution in [0.5, 0.6) is 5.88 Å². The highest BCUT2D eigenvalue weighted by Gasteiger charge is 2.31. The zero-order valence-corrected chi connectivity index (χ0v) is 17.4. The maximum Gasteiger partial charge on any atom is 0.335 e. The molecule has 5 rings (SSSR count). The van der Waals surface area contributed by atoms with Gasteiger partial charge in [0, 0.05) is 23.1 Å². The molecule has 0 aliphatic carbocycles. The predicted octanol–water partition coefficient (Wildman–Crippen LogP) is 3.07. The van der Waals surface area contributed by atoms with Crippen molar-refractivity contribution >= 4 is 10.9 Å². The van der Waals surface area contributed by atoms with Gasteiger partial charge in [0.1, 0.15) is 5.56 Å². The van der Waals surface area contributed by atoms with Crippen LogP contribution in [0.15, 0.2) is 58.1 Å². The van der Waals surface area contributed by atoms with Gasteiger partial charge in [-0.3, -0.25) is 9.78 Å². The van der Waals surface area contributed by atoms with E-state index in [4.69, 9.17) is 0 Å². The van der Waals surface area contributed by atoms with E-state index in [2.05, 4.69) is 29.1 Å². The van der Waals surface area contributed by atoms with Crippen LogP contribution in [0.1, 0.15) is 48.2 Å². The lowest BCUT2D eigenvalue weighted by Crippen LogP contribution is -2.38. The fraction of sp³-hybridized carbons (Fsp3) is 0.250. The van der Waals surface area contributed by atoms with E-state index >= 15 is 0 Å². The number of para-hydroxylation sites is 1. The van der Waals surface area contributed by atoms with Gasteiger partial charge in [-0.15, -0.1) is 0 Å². The molecule has 2 aromatic carbocycles. The third-order valence-corrected chi connectivity index (χ3v) is 6.09. The fourth-order valence-corrected chi connectivity index (χ4v) is 4.47. The third kappa shape index (κ3) is 3.09. The molecule has 7 nitrogen and oxygen atoms in total. The minimum atomic E-state index is -0.670. The van der Waals surface area contributed by atoms with E-state index in [-0.39, 0.29) is 11.4 Å². The monoisotopic (exact) mass is 416 g/mol. The van der Waals surface area contributed by atoms with Crippen molar-refractivity contribution in [1.82, 2.24) is 19.9 Å². The second kappa shape index (κ2) is 7.28. The lowest BCUT2D eigenvalue weighted by atomic mass is 9.95. The maximum atomic E-state index is 12.8. The minimum absolute atomic E-state index is 0.125. The molecule has 1 aliphatic heterocycles. The summed E-state index contributed by atoms with van der Waals surface area (Å²) in [5, 5.41) is 15.6. The van der Waals surface area contributed by atoms with E-state index in [9.17, 15) is 14.7 Å². The number of aromatic hydroxyl groups is 1. The van der Waals surface area contributed by atoms with E-state index in [1.165, 1.54) is 0 Å². The summed E-state index contributed by atoms with van der Waals surface area (Å²) in [4.78, 5) is 31.2. The molecule has 7 heteroatoms. The number of H-pyrrole nitrogens is 2. The van der Waals surface area contributed by atoms with Crippen molar-refractivity contribution in [2.75, 3.05) is 6.54 Å². The molecule has 1 atom stereocenters. The molecule has 31 heavy (non-hydrogen) atoms. The summed E-state index contributed by atoms with van der Waals surface area (Å²) < 4.78 is 1.15. The van der Waals surface area contributed by atoms with Crippen molar-refractivity contribution in [1.29, 1.82) is 0 Å². The first-order valence-electron chi connectivity index (χ1n) is 10.5. The van der Waals surface area contributed by atoms with Gasteiger partial charge in [-0.1, -0.05) is 44.2 Å². The molecule has 4 N–H and O–H groups in total. The van der Waals surface area contributed by atoms with Crippen LogP contribution < -0.4 is 16.6 Å². The number of aromatic nitrogens is 3. The second-order valence-electron chi connectivity index (χ2n) is 8.28. The third-order valence-electron chi connectivity index (χ3n) is 6.09. The highest BCUT2D eigenvalue weighted by molar-refractivity contribution is 5.85. The molecule has 3 heterocycles. The molecule has 0 saturated heterocycles. The first-order valence-corrected chi connectivity index (χ1v) is 10.5. The van der Waals surface area contributed by atoms with Crippen molar-refractivity contribution in [2.45, 2.75) is 32.2 Å². The van der Waals surface area contributed by atoms with Gasteiger partial charge in [-0.05, 0) is 41.7 Å². The Morgan fingerprint density at radius 1 is 1.03 bits per heavy atom. The Morgan fingerprint density at radius 3 is 2.52 bits per heavy atom. The van der Waals surface area contributed by atoms with Gasteiger partial charge in [0.15, 0.2) is 0 Å². The summed E-state index contributed by atoms with van der Waals surface area (Å²) in [5.41, 5.74) is 3.42. The van der Waals surface area contributed by atoms with Crippen LogP contribution >= 0.6 is 0 Å². The number of hydrogen-bond donors (Lipinski definition) is 4. The van der Waals surface area contributed by atoms with Crippen LogP contribution in [0.4, 0.5) is 0 Å². The Balaban J connectivity index is 1.69. The van der Waals surface area contributed by atoms with Crippen molar-refractivity contribution in [3.63, 3.8) is 0 Å². The minimum Gasteiger partial charge on any atom is -0.494 e. The van der Waals surface area contributed by atoms with Gasteiger partial charge in [0.2, 0.25) is 5.88 Å². The summed E-state index contributed by atoms with van der Waals surface area (Å²) in [6.45, 7) is 4.83. The van der Waals surface area contributed by atoms with Crippen LogP contribution in [0, 0.1) is 0 Å². The molecular formula is C24H24N4O3. The van der Waals surface area contributed by atoms with E-state index in [0.717, 1.165) is 38.7 Å². The Bertz CT molecular complexity index is 1390. The van der Waals surface area contributed by atoms with Crippen LogP contribution in [0.25, 0.3) is 16.6 Å². The molecular weight excluding hydrogens is 392 g/mol. The molecule has 2 aromatic heterocycles. The molecule has 0 unspecified atom stereocenters. The number of nitrogens with one attached hydrogen (secondary N) is 3. The normalized spacial score (nSPS) is 16.0. The first-order chi connectivity index (χ1) is 15.0. The SMILES string of the molecule is CC(C)c1ccc(-n2c(O)c([C@H]3NCCc4c3[nH]c3ccccc43)c(=O)[nH]c2=O)cc1. The summed E-state index contributed by atoms with van der Waals surface area (Å²) in [6, 6.07) is 14.8. The lowest BCUT2D eigenvalue weighted by Gasteiger charge is -2.25. The molecule has 0 spiro atoms. The van der Waals surface area contributed by atoms with Crippen molar-refractivity contribution in [3.8, 4) is 11.6 Å². The molecule has 0 saturated carbocycles. The number of hydrogen-bond acceptors (Lipinski definition) is 4. The Hall–Kier alpha value is -3.58. The average molecular weight is 416 g/mol. The molecule has 1 aliphatic rings. The zero-order chi connectivity index (χ0) is 21.7. The topological polar surface area (TPSA) is 103 Å². The van der Waals surface area contributed by atoms with Crippen LogP contribution in [-0.4, -0.2) is 26.2 Å². The number of nitrogens with zero attached hydrogens (tertiary/aromatic N) is 1. The van der Waals surface area contributed by atoms with Gasteiger partial charge >= 0.3 is 5.69 Å². The first kappa shape index (κ1) is 19.4. The number of aromatic amines is 2. The molecule has 0 radical (unpaired) electrons. The largest absolute Gasteiger partial charge is 0.494 e. The number of benzene rings is 2. The smallest absolute Gasteiger partial charge is 0.335 e. The van der Waals surface area contributed by atoms with Gasteiger partial charge in [0.25, 0.3) is 5.56 Å². The molecule has 4 aromatic rings. The molecule has 0 bridgehead atoms. The van der Waals surface area contributed by atoms with E-state index in [1.54, 1.807) is 12.1 Å². The Kier molecular flexibility index (Phi) is 4.55. The quantitative estimate of drug-likeness (QED) is 0.412. The van der Waals surface area contributed by atoms with Crippen molar-refractivity contribution in [3.05, 3.63) is 91.8 Å². The second-order valence-corrected chi connectivity index (χ2v) is 8.28. The molecule has 158 valence electrons.